The van der Waals surface area contributed by atoms with Gasteiger partial charge in [-0.15, -0.1) is 0 Å². The normalized spacial score (nSPS) is 12.3. The first kappa shape index (κ1) is 46.3. The average Bonchev–Trinajstić information content (AvgIpc) is 3.64. The molecule has 7 rings (SSSR count). The molecule has 0 aliphatic heterocycles. The van der Waals surface area contributed by atoms with E-state index in [-0.39, 0.29) is 42.9 Å². The lowest BCUT2D eigenvalue weighted by Crippen LogP contribution is -2.43. The van der Waals surface area contributed by atoms with Gasteiger partial charge in [-0.25, -0.2) is 19.8 Å². The highest BCUT2D eigenvalue weighted by Gasteiger charge is 2.30. The van der Waals surface area contributed by atoms with Gasteiger partial charge in [-0.3, -0.25) is 15.4 Å². The van der Waals surface area contributed by atoms with E-state index in [2.05, 4.69) is 35.0 Å². The Hall–Kier alpha value is -7.21. The summed E-state index contributed by atoms with van der Waals surface area (Å²) in [6, 6.07) is 48.0. The molecule has 1 aliphatic rings. The van der Waals surface area contributed by atoms with Crippen LogP contribution in [0.4, 0.5) is 4.79 Å². The Balaban J connectivity index is 0.000000242. The number of ether oxygens (including phenoxy) is 3. The number of fused-ring (bicyclic) bond motifs is 3. The van der Waals surface area contributed by atoms with Gasteiger partial charge in [-0.1, -0.05) is 133 Å². The van der Waals surface area contributed by atoms with Gasteiger partial charge in [0.15, 0.2) is 11.6 Å². The van der Waals surface area contributed by atoms with Crippen LogP contribution in [-0.2, 0) is 49.5 Å². The van der Waals surface area contributed by atoms with Gasteiger partial charge in [-0.05, 0) is 95.5 Å². The number of nitrogens with one attached hydrogen (secondary N) is 2. The molecule has 2 atom stereocenters. The lowest BCUT2D eigenvalue weighted by molar-refractivity contribution is -0.121. The van der Waals surface area contributed by atoms with Crippen molar-refractivity contribution < 1.29 is 38.2 Å². The van der Waals surface area contributed by atoms with Crippen molar-refractivity contribution in [3.05, 3.63) is 202 Å². The molecule has 0 saturated carbocycles. The Bertz CT molecular complexity index is 2450. The summed E-state index contributed by atoms with van der Waals surface area (Å²) in [6.07, 6.45) is 0.602. The minimum Gasteiger partial charge on any atom is -0.462 e. The second kappa shape index (κ2) is 23.3. The number of rotatable bonds is 18. The van der Waals surface area contributed by atoms with E-state index in [4.69, 9.17) is 20.1 Å². The van der Waals surface area contributed by atoms with Crippen molar-refractivity contribution in [2.45, 2.75) is 57.5 Å². The van der Waals surface area contributed by atoms with E-state index in [9.17, 15) is 24.0 Å². The van der Waals surface area contributed by atoms with Crippen molar-refractivity contribution in [2.75, 3.05) is 19.8 Å². The molecule has 11 nitrogen and oxygen atoms in total. The van der Waals surface area contributed by atoms with Crippen LogP contribution in [0.5, 0.6) is 0 Å². The summed E-state index contributed by atoms with van der Waals surface area (Å²) < 4.78 is 15.7. The van der Waals surface area contributed by atoms with Gasteiger partial charge in [0.1, 0.15) is 6.61 Å². The Morgan fingerprint density at radius 1 is 0.500 bits per heavy atom. The molecule has 0 spiro atoms. The van der Waals surface area contributed by atoms with E-state index in [1.807, 2.05) is 84.9 Å². The highest BCUT2D eigenvalue weighted by molar-refractivity contribution is 5.92. The van der Waals surface area contributed by atoms with Gasteiger partial charge in [0, 0.05) is 18.8 Å². The van der Waals surface area contributed by atoms with E-state index in [1.54, 1.807) is 62.4 Å². The SMILES string of the molecule is CCOC(=O)c1ccc(CC(=O)[C@H](Cc2ccccc2)NC(=O)OCC2c3ccccc3-c3ccccc32)cc1.CCOC(=O)c1ccc(CC(=O)[C@H](Cc2ccccc2)NN)cc1. The number of ketones is 2. The molecule has 0 radical (unpaired) electrons. The fourth-order valence-corrected chi connectivity index (χ4v) is 7.59. The first-order valence-electron chi connectivity index (χ1n) is 21.4. The van der Waals surface area contributed by atoms with Crippen molar-refractivity contribution in [1.29, 1.82) is 0 Å². The number of Topliss-reactive ketones (excluding diaryl/α,β-unsaturated/α-hetero) is 2. The molecule has 0 bridgehead atoms. The Kier molecular flexibility index (Phi) is 16.9. The molecule has 0 unspecified atom stereocenters. The van der Waals surface area contributed by atoms with Crippen LogP contribution in [0.3, 0.4) is 0 Å². The number of nitrogens with two attached hydrogens (primary N) is 1. The van der Waals surface area contributed by atoms with Crippen LogP contribution in [0.2, 0.25) is 0 Å². The molecule has 6 aromatic rings. The van der Waals surface area contributed by atoms with Crippen LogP contribution in [0.25, 0.3) is 11.1 Å². The lowest BCUT2D eigenvalue weighted by Gasteiger charge is -2.20. The average molecular weight is 860 g/mol. The molecule has 64 heavy (non-hydrogen) atoms. The largest absolute Gasteiger partial charge is 0.462 e. The van der Waals surface area contributed by atoms with E-state index in [0.29, 0.717) is 37.2 Å². The third kappa shape index (κ3) is 12.7. The lowest BCUT2D eigenvalue weighted by atomic mass is 9.97. The zero-order valence-electron chi connectivity index (χ0n) is 36.0. The number of alkyl carbamates (subject to hydrolysis) is 1. The third-order valence-electron chi connectivity index (χ3n) is 10.9. The van der Waals surface area contributed by atoms with Crippen molar-refractivity contribution in [1.82, 2.24) is 10.7 Å². The maximum atomic E-state index is 13.4. The van der Waals surface area contributed by atoms with Gasteiger partial charge in [0.25, 0.3) is 0 Å². The molecule has 11 heteroatoms. The monoisotopic (exact) mass is 859 g/mol. The minimum atomic E-state index is -0.775. The summed E-state index contributed by atoms with van der Waals surface area (Å²) in [5.74, 6) is 4.56. The number of benzene rings is 6. The molecule has 0 aromatic heterocycles. The van der Waals surface area contributed by atoms with Crippen LogP contribution in [0.15, 0.2) is 158 Å². The number of amides is 1. The Morgan fingerprint density at radius 2 is 0.906 bits per heavy atom. The summed E-state index contributed by atoms with van der Waals surface area (Å²) in [5.41, 5.74) is 11.6. The summed E-state index contributed by atoms with van der Waals surface area (Å²) in [5, 5.41) is 2.82. The van der Waals surface area contributed by atoms with E-state index >= 15 is 0 Å². The first-order valence-corrected chi connectivity index (χ1v) is 21.4. The highest BCUT2D eigenvalue weighted by atomic mass is 16.5. The van der Waals surface area contributed by atoms with Gasteiger partial charge in [0.2, 0.25) is 0 Å². The summed E-state index contributed by atoms with van der Waals surface area (Å²) in [4.78, 5) is 62.4. The van der Waals surface area contributed by atoms with Crippen LogP contribution in [-0.4, -0.2) is 61.5 Å². The molecule has 0 heterocycles. The number of esters is 2. The van der Waals surface area contributed by atoms with Crippen molar-refractivity contribution in [3.63, 3.8) is 0 Å². The molecular formula is C53H53N3O8. The number of hydrazine groups is 1. The summed E-state index contributed by atoms with van der Waals surface area (Å²) in [7, 11) is 0. The zero-order valence-corrected chi connectivity index (χ0v) is 36.0. The predicted molar refractivity (Wildman–Crippen MR) is 246 cm³/mol. The Morgan fingerprint density at radius 3 is 1.34 bits per heavy atom. The second-order valence-electron chi connectivity index (χ2n) is 15.2. The van der Waals surface area contributed by atoms with Crippen molar-refractivity contribution >= 4 is 29.6 Å². The van der Waals surface area contributed by atoms with E-state index in [1.165, 1.54) is 0 Å². The topological polar surface area (TPSA) is 163 Å². The van der Waals surface area contributed by atoms with Gasteiger partial charge < -0.3 is 19.5 Å². The second-order valence-corrected chi connectivity index (χ2v) is 15.2. The highest BCUT2D eigenvalue weighted by Crippen LogP contribution is 2.44. The van der Waals surface area contributed by atoms with Gasteiger partial charge in [0.05, 0.1) is 36.4 Å². The van der Waals surface area contributed by atoms with Crippen LogP contribution >= 0.6 is 0 Å². The molecule has 4 N–H and O–H groups in total. The fraction of sp³-hybridized carbons (Fsp3) is 0.226. The minimum absolute atomic E-state index is 0.00485. The first-order chi connectivity index (χ1) is 31.2. The van der Waals surface area contributed by atoms with Crippen molar-refractivity contribution in [3.8, 4) is 11.1 Å². The number of carbonyl (C=O) groups excluding carboxylic acids is 5. The van der Waals surface area contributed by atoms with E-state index < -0.39 is 24.1 Å². The molecule has 328 valence electrons. The fourth-order valence-electron chi connectivity index (χ4n) is 7.59. The van der Waals surface area contributed by atoms with Gasteiger partial charge >= 0.3 is 18.0 Å². The molecule has 0 saturated heterocycles. The number of carbonyl (C=O) groups is 5. The van der Waals surface area contributed by atoms with E-state index in [0.717, 1.165) is 44.5 Å². The number of hydrogen-bond acceptors (Lipinski definition) is 10. The molecular weight excluding hydrogens is 807 g/mol. The van der Waals surface area contributed by atoms with Crippen LogP contribution in [0, 0.1) is 0 Å². The van der Waals surface area contributed by atoms with Crippen molar-refractivity contribution in [2.24, 2.45) is 5.84 Å². The molecule has 1 amide bonds. The van der Waals surface area contributed by atoms with Gasteiger partial charge in [-0.2, -0.15) is 0 Å². The van der Waals surface area contributed by atoms with Crippen LogP contribution < -0.4 is 16.6 Å². The smallest absolute Gasteiger partial charge is 0.407 e. The number of hydrogen-bond donors (Lipinski definition) is 3. The maximum Gasteiger partial charge on any atom is 0.407 e. The molecule has 1 aliphatic carbocycles. The zero-order chi connectivity index (χ0) is 45.3. The quantitative estimate of drug-likeness (QED) is 0.0333. The van der Waals surface area contributed by atoms with Crippen LogP contribution in [0.1, 0.15) is 73.9 Å². The predicted octanol–water partition coefficient (Wildman–Crippen LogP) is 8.17. The maximum absolute atomic E-state index is 13.4. The standard InChI is InChI=1S/C34H31NO5.C19H22N2O3/c1-2-39-33(37)25-18-16-24(17-19-25)21-32(36)31(20-23-10-4-3-5-11-23)35-34(38)40-22-30-28-14-8-6-12-26(28)27-13-7-9-15-29(27)30;1-2-24-19(23)16-10-8-15(9-11-16)13-18(22)17(21-20)12-14-6-4-3-5-7-14/h3-19,30-31H,2,20-22H2,1H3,(H,35,38);3-11,17,21H,2,12-13,20H2,1H3/t31-;17-/m00/s1. The molecule has 6 aromatic carbocycles. The molecule has 0 fully saturated rings. The summed E-state index contributed by atoms with van der Waals surface area (Å²) >= 11 is 0. The third-order valence-corrected chi connectivity index (χ3v) is 10.9. The Labute approximate surface area is 373 Å². The summed E-state index contributed by atoms with van der Waals surface area (Å²) in [6.45, 7) is 4.31.